The number of nitrogens with zero attached hydrogens (tertiary/aromatic N) is 2. The summed E-state index contributed by atoms with van der Waals surface area (Å²) in [6.07, 6.45) is -5.90. The third kappa shape index (κ3) is 5.81. The molecule has 0 aliphatic heterocycles. The third-order valence-electron chi connectivity index (χ3n) is 5.32. The second-order valence-corrected chi connectivity index (χ2v) is 8.13. The smallest absolute Gasteiger partial charge is 0.416 e. The Morgan fingerprint density at radius 3 is 2.49 bits per heavy atom. The molecule has 4 rings (SSSR count). The van der Waals surface area contributed by atoms with Crippen LogP contribution in [0.5, 0.6) is 11.5 Å². The summed E-state index contributed by atoms with van der Waals surface area (Å²) >= 11 is 0. The minimum atomic E-state index is -4.52. The number of nitrogen functional groups attached to an aromatic ring is 1. The number of alkyl halides is 5. The van der Waals surface area contributed by atoms with E-state index in [9.17, 15) is 22.0 Å². The van der Waals surface area contributed by atoms with Crippen LogP contribution in [-0.4, -0.2) is 42.3 Å². The molecule has 0 spiro atoms. The zero-order valence-corrected chi connectivity index (χ0v) is 18.9. The first-order valence-electron chi connectivity index (χ1n) is 10.7. The van der Waals surface area contributed by atoms with E-state index in [4.69, 9.17) is 19.9 Å². The quantitative estimate of drug-likeness (QED) is 0.245. The van der Waals surface area contributed by atoms with Gasteiger partial charge in [-0.2, -0.15) is 13.2 Å². The van der Waals surface area contributed by atoms with E-state index in [-0.39, 0.29) is 31.9 Å². The normalized spacial score (nSPS) is 16.8. The van der Waals surface area contributed by atoms with E-state index in [0.717, 1.165) is 12.1 Å². The molecule has 1 aliphatic rings. The minimum Gasteiger partial charge on any atom is -0.493 e. The average molecular weight is 498 g/mol. The molecule has 1 heterocycles. The molecule has 7 nitrogen and oxygen atoms in total. The maximum atomic E-state index is 13.1. The van der Waals surface area contributed by atoms with E-state index >= 15 is 0 Å². The number of nitrogens with two attached hydrogens (primary N) is 1. The van der Waals surface area contributed by atoms with Crippen LogP contribution in [0.15, 0.2) is 30.3 Å². The fourth-order valence-electron chi connectivity index (χ4n) is 3.54. The lowest BCUT2D eigenvalue weighted by atomic mass is 10.1. The van der Waals surface area contributed by atoms with Gasteiger partial charge >= 0.3 is 6.18 Å². The number of nitrogens with one attached hydrogen (secondary N) is 1. The van der Waals surface area contributed by atoms with Crippen LogP contribution in [0.4, 0.5) is 33.5 Å². The van der Waals surface area contributed by atoms with Gasteiger partial charge in [-0.3, -0.25) is 0 Å². The Morgan fingerprint density at radius 1 is 1.09 bits per heavy atom. The van der Waals surface area contributed by atoms with E-state index in [1.54, 1.807) is 19.1 Å². The lowest BCUT2D eigenvalue weighted by Gasteiger charge is -2.15. The first kappa shape index (κ1) is 24.7. The molecule has 1 unspecified atom stereocenters. The van der Waals surface area contributed by atoms with Crippen LogP contribution < -0.4 is 20.5 Å². The van der Waals surface area contributed by atoms with Crippen LogP contribution in [0, 0.1) is 6.92 Å². The number of benzene rings is 2. The molecule has 188 valence electrons. The number of rotatable bonds is 9. The monoisotopic (exact) mass is 498 g/mol. The molecule has 35 heavy (non-hydrogen) atoms. The SMILES string of the molecule is COc1cc2nc(C)nc(NCc3cc(N)cc(C(F)(F)F)c3)c2cc1OCCOC1CC1(F)F. The summed E-state index contributed by atoms with van der Waals surface area (Å²) in [5.74, 6) is -1.31. The maximum Gasteiger partial charge on any atom is 0.416 e. The van der Waals surface area contributed by atoms with Gasteiger partial charge in [-0.15, -0.1) is 0 Å². The Kier molecular flexibility index (Phi) is 6.58. The number of ether oxygens (including phenoxy) is 3. The number of hydrogen-bond acceptors (Lipinski definition) is 7. The van der Waals surface area contributed by atoms with Crippen molar-refractivity contribution in [1.29, 1.82) is 0 Å². The zero-order valence-electron chi connectivity index (χ0n) is 18.9. The second kappa shape index (κ2) is 9.33. The molecule has 0 amide bonds. The van der Waals surface area contributed by atoms with Crippen molar-refractivity contribution in [3.63, 3.8) is 0 Å². The summed E-state index contributed by atoms with van der Waals surface area (Å²) in [7, 11) is 1.44. The first-order chi connectivity index (χ1) is 16.5. The predicted molar refractivity (Wildman–Crippen MR) is 119 cm³/mol. The minimum absolute atomic E-state index is 0.00738. The van der Waals surface area contributed by atoms with Gasteiger partial charge in [0.25, 0.3) is 5.92 Å². The average Bonchev–Trinajstić information content (AvgIpc) is 3.39. The summed E-state index contributed by atoms with van der Waals surface area (Å²) in [6, 6.07) is 6.57. The van der Waals surface area contributed by atoms with Gasteiger partial charge in [0.1, 0.15) is 24.4 Å². The molecule has 1 atom stereocenters. The Labute approximate surface area is 197 Å². The number of methoxy groups -OCH3 is 1. The molecule has 0 bridgehead atoms. The van der Waals surface area contributed by atoms with Crippen LogP contribution in [-0.2, 0) is 17.5 Å². The predicted octanol–water partition coefficient (Wildman–Crippen LogP) is 4.96. The van der Waals surface area contributed by atoms with Gasteiger partial charge < -0.3 is 25.3 Å². The highest BCUT2D eigenvalue weighted by Crippen LogP contribution is 2.44. The largest absolute Gasteiger partial charge is 0.493 e. The number of halogens is 5. The molecular weight excluding hydrogens is 475 g/mol. The van der Waals surface area contributed by atoms with Crippen molar-refractivity contribution in [2.75, 3.05) is 31.4 Å². The Balaban J connectivity index is 1.54. The van der Waals surface area contributed by atoms with Gasteiger partial charge in [-0.25, -0.2) is 18.7 Å². The summed E-state index contributed by atoms with van der Waals surface area (Å²) in [4.78, 5) is 8.75. The lowest BCUT2D eigenvalue weighted by Crippen LogP contribution is -2.12. The molecule has 1 saturated carbocycles. The fourth-order valence-corrected chi connectivity index (χ4v) is 3.54. The van der Waals surface area contributed by atoms with Crippen LogP contribution >= 0.6 is 0 Å². The van der Waals surface area contributed by atoms with Crippen molar-refractivity contribution in [2.45, 2.75) is 38.1 Å². The summed E-state index contributed by atoms with van der Waals surface area (Å²) < 4.78 is 81.4. The first-order valence-corrected chi connectivity index (χ1v) is 10.7. The van der Waals surface area contributed by atoms with Gasteiger partial charge in [-0.05, 0) is 36.8 Å². The Hall–Kier alpha value is -3.41. The van der Waals surface area contributed by atoms with E-state index in [2.05, 4.69) is 15.3 Å². The maximum absolute atomic E-state index is 13.1. The van der Waals surface area contributed by atoms with E-state index in [1.807, 2.05) is 0 Å². The van der Waals surface area contributed by atoms with Crippen molar-refractivity contribution in [3.8, 4) is 11.5 Å². The molecule has 2 aromatic carbocycles. The van der Waals surface area contributed by atoms with Crippen molar-refractivity contribution in [3.05, 3.63) is 47.3 Å². The second-order valence-electron chi connectivity index (χ2n) is 8.13. The molecule has 1 fully saturated rings. The van der Waals surface area contributed by atoms with E-state index in [1.165, 1.54) is 13.2 Å². The highest BCUT2D eigenvalue weighted by Gasteiger charge is 2.58. The number of aromatic nitrogens is 2. The molecule has 3 N–H and O–H groups in total. The molecule has 1 aliphatic carbocycles. The van der Waals surface area contributed by atoms with Gasteiger partial charge in [-0.1, -0.05) is 0 Å². The van der Waals surface area contributed by atoms with Crippen molar-refractivity contribution < 1.29 is 36.2 Å². The number of hydrogen-bond donors (Lipinski definition) is 2. The Bertz CT molecular complexity index is 1240. The van der Waals surface area contributed by atoms with Gasteiger partial charge in [0.2, 0.25) is 0 Å². The summed E-state index contributed by atoms with van der Waals surface area (Å²) in [5.41, 5.74) is 5.64. The standard InChI is InChI=1S/C23H23F5N4O3/c1-12-31-17-9-18(33-2)19(34-3-4-35-20-10-22(20,24)25)8-16(17)21(32-12)30-11-13-5-14(23(26,27)28)7-15(29)6-13/h5-9,20H,3-4,10-11,29H2,1-2H3,(H,30,31,32). The van der Waals surface area contributed by atoms with Gasteiger partial charge in [0.05, 0.1) is 24.8 Å². The van der Waals surface area contributed by atoms with Crippen molar-refractivity contribution in [1.82, 2.24) is 9.97 Å². The van der Waals surface area contributed by atoms with E-state index in [0.29, 0.717) is 39.6 Å². The molecule has 1 aromatic heterocycles. The van der Waals surface area contributed by atoms with Crippen LogP contribution in [0.25, 0.3) is 10.9 Å². The zero-order chi connectivity index (χ0) is 25.4. The highest BCUT2D eigenvalue weighted by atomic mass is 19.4. The van der Waals surface area contributed by atoms with Crippen molar-refractivity contribution in [2.24, 2.45) is 0 Å². The lowest BCUT2D eigenvalue weighted by molar-refractivity contribution is -0.137. The molecule has 0 radical (unpaired) electrons. The van der Waals surface area contributed by atoms with Gasteiger partial charge in [0, 0.05) is 30.1 Å². The number of fused-ring (bicyclic) bond motifs is 1. The molecule has 12 heteroatoms. The van der Waals surface area contributed by atoms with Crippen LogP contribution in [0.2, 0.25) is 0 Å². The van der Waals surface area contributed by atoms with Gasteiger partial charge in [0.15, 0.2) is 11.5 Å². The third-order valence-corrected chi connectivity index (χ3v) is 5.32. The number of anilines is 2. The summed E-state index contributed by atoms with van der Waals surface area (Å²) in [5, 5.41) is 3.57. The topological polar surface area (TPSA) is 91.5 Å². The van der Waals surface area contributed by atoms with E-state index < -0.39 is 23.8 Å². The molecule has 3 aromatic rings. The fraction of sp³-hybridized carbons (Fsp3) is 0.391. The Morgan fingerprint density at radius 2 is 1.83 bits per heavy atom. The highest BCUT2D eigenvalue weighted by molar-refractivity contribution is 5.91. The van der Waals surface area contributed by atoms with Crippen LogP contribution in [0.1, 0.15) is 23.4 Å². The molecular formula is C23H23F5N4O3. The number of aryl methyl sites for hydroxylation is 1. The molecule has 0 saturated heterocycles. The van der Waals surface area contributed by atoms with Crippen molar-refractivity contribution >= 4 is 22.4 Å². The van der Waals surface area contributed by atoms with Crippen LogP contribution in [0.3, 0.4) is 0 Å². The summed E-state index contributed by atoms with van der Waals surface area (Å²) in [6.45, 7) is 1.67.